The number of benzene rings is 1. The van der Waals surface area contributed by atoms with Crippen LogP contribution in [0.15, 0.2) is 33.4 Å². The minimum absolute atomic E-state index is 0.186. The van der Waals surface area contributed by atoms with Crippen LogP contribution in [0.2, 0.25) is 0 Å². The summed E-state index contributed by atoms with van der Waals surface area (Å²) in [5.74, 6) is 0.470. The topological polar surface area (TPSA) is 64.3 Å². The SMILES string of the molecule is COc1ccc(NC(=O)c2csc(Br)c2)c(N)c1. The summed E-state index contributed by atoms with van der Waals surface area (Å²) < 4.78 is 5.96. The standard InChI is InChI=1S/C12H11BrN2O2S/c1-17-8-2-3-10(9(14)5-8)15-12(16)7-4-11(13)18-6-7/h2-6H,14H2,1H3,(H,15,16). The van der Waals surface area contributed by atoms with Gasteiger partial charge in [-0.25, -0.2) is 0 Å². The lowest BCUT2D eigenvalue weighted by atomic mass is 10.2. The van der Waals surface area contributed by atoms with E-state index in [9.17, 15) is 4.79 Å². The first-order valence-electron chi connectivity index (χ1n) is 5.09. The van der Waals surface area contributed by atoms with Crippen molar-refractivity contribution >= 4 is 44.5 Å². The van der Waals surface area contributed by atoms with Gasteiger partial charge in [0, 0.05) is 11.4 Å². The van der Waals surface area contributed by atoms with E-state index in [0.717, 1.165) is 3.79 Å². The van der Waals surface area contributed by atoms with Gasteiger partial charge < -0.3 is 15.8 Å². The molecule has 18 heavy (non-hydrogen) atoms. The minimum atomic E-state index is -0.186. The Kier molecular flexibility index (Phi) is 3.88. The molecule has 1 aromatic heterocycles. The van der Waals surface area contributed by atoms with Gasteiger partial charge in [0.2, 0.25) is 0 Å². The number of carbonyl (C=O) groups excluding carboxylic acids is 1. The van der Waals surface area contributed by atoms with Gasteiger partial charge in [0.1, 0.15) is 5.75 Å². The number of rotatable bonds is 3. The third-order valence-electron chi connectivity index (χ3n) is 2.34. The number of carbonyl (C=O) groups is 1. The number of hydrogen-bond donors (Lipinski definition) is 2. The van der Waals surface area contributed by atoms with Crippen LogP contribution in [0, 0.1) is 0 Å². The number of hydrogen-bond acceptors (Lipinski definition) is 4. The highest BCUT2D eigenvalue weighted by atomic mass is 79.9. The first-order valence-corrected chi connectivity index (χ1v) is 6.76. The summed E-state index contributed by atoms with van der Waals surface area (Å²) in [6.45, 7) is 0. The largest absolute Gasteiger partial charge is 0.497 e. The van der Waals surface area contributed by atoms with Gasteiger partial charge in [0.05, 0.1) is 27.8 Å². The minimum Gasteiger partial charge on any atom is -0.497 e. The number of amides is 1. The molecule has 0 saturated heterocycles. The van der Waals surface area contributed by atoms with E-state index in [1.807, 2.05) is 0 Å². The van der Waals surface area contributed by atoms with E-state index >= 15 is 0 Å². The molecular formula is C12H11BrN2O2S. The van der Waals surface area contributed by atoms with Crippen molar-refractivity contribution in [3.8, 4) is 5.75 Å². The van der Waals surface area contributed by atoms with Crippen molar-refractivity contribution in [3.05, 3.63) is 39.0 Å². The van der Waals surface area contributed by atoms with Crippen molar-refractivity contribution in [2.75, 3.05) is 18.2 Å². The van der Waals surface area contributed by atoms with Gasteiger partial charge in [-0.05, 0) is 34.1 Å². The molecule has 1 amide bonds. The van der Waals surface area contributed by atoms with E-state index in [4.69, 9.17) is 10.5 Å². The number of thiophene rings is 1. The first-order chi connectivity index (χ1) is 8.60. The Morgan fingerprint density at radius 3 is 2.78 bits per heavy atom. The fourth-order valence-corrected chi connectivity index (χ4v) is 2.54. The van der Waals surface area contributed by atoms with E-state index in [1.54, 1.807) is 36.8 Å². The highest BCUT2D eigenvalue weighted by Crippen LogP contribution is 2.26. The van der Waals surface area contributed by atoms with Gasteiger partial charge in [-0.15, -0.1) is 11.3 Å². The maximum absolute atomic E-state index is 11.9. The van der Waals surface area contributed by atoms with Crippen molar-refractivity contribution in [2.45, 2.75) is 0 Å². The summed E-state index contributed by atoms with van der Waals surface area (Å²) in [5.41, 5.74) is 7.47. The third kappa shape index (κ3) is 2.83. The molecule has 94 valence electrons. The molecule has 0 unspecified atom stereocenters. The van der Waals surface area contributed by atoms with Crippen LogP contribution in [0.3, 0.4) is 0 Å². The molecule has 0 saturated carbocycles. The zero-order chi connectivity index (χ0) is 13.1. The van der Waals surface area contributed by atoms with Gasteiger partial charge in [0.15, 0.2) is 0 Å². The summed E-state index contributed by atoms with van der Waals surface area (Å²) in [6.07, 6.45) is 0. The Hall–Kier alpha value is -1.53. The molecule has 0 spiro atoms. The van der Waals surface area contributed by atoms with E-state index in [-0.39, 0.29) is 5.91 Å². The van der Waals surface area contributed by atoms with E-state index in [2.05, 4.69) is 21.2 Å². The van der Waals surface area contributed by atoms with E-state index in [0.29, 0.717) is 22.7 Å². The summed E-state index contributed by atoms with van der Waals surface area (Å²) in [5, 5.41) is 4.53. The van der Waals surface area contributed by atoms with Crippen LogP contribution < -0.4 is 15.8 Å². The highest BCUT2D eigenvalue weighted by molar-refractivity contribution is 9.11. The summed E-state index contributed by atoms with van der Waals surface area (Å²) in [7, 11) is 1.57. The Morgan fingerprint density at radius 2 is 2.22 bits per heavy atom. The monoisotopic (exact) mass is 326 g/mol. The van der Waals surface area contributed by atoms with Gasteiger partial charge in [-0.1, -0.05) is 0 Å². The highest BCUT2D eigenvalue weighted by Gasteiger charge is 2.10. The maximum Gasteiger partial charge on any atom is 0.256 e. The number of anilines is 2. The van der Waals surface area contributed by atoms with E-state index in [1.165, 1.54) is 11.3 Å². The lowest BCUT2D eigenvalue weighted by Crippen LogP contribution is -2.12. The number of halogens is 1. The Balaban J connectivity index is 2.16. The molecule has 3 N–H and O–H groups in total. The molecule has 1 heterocycles. The number of methoxy groups -OCH3 is 1. The Bertz CT molecular complexity index is 583. The molecule has 6 heteroatoms. The van der Waals surface area contributed by atoms with Crippen LogP contribution >= 0.6 is 27.3 Å². The van der Waals surface area contributed by atoms with Crippen molar-refractivity contribution in [3.63, 3.8) is 0 Å². The average molecular weight is 327 g/mol. The van der Waals surface area contributed by atoms with Crippen LogP contribution in [0.4, 0.5) is 11.4 Å². The summed E-state index contributed by atoms with van der Waals surface area (Å²) in [6, 6.07) is 6.89. The fraction of sp³-hybridized carbons (Fsp3) is 0.0833. The third-order valence-corrected chi connectivity index (χ3v) is 3.84. The predicted molar refractivity (Wildman–Crippen MR) is 77.4 cm³/mol. The molecule has 1 aromatic carbocycles. The summed E-state index contributed by atoms with van der Waals surface area (Å²) >= 11 is 4.77. The second kappa shape index (κ2) is 5.41. The Labute approximate surface area is 117 Å². The van der Waals surface area contributed by atoms with Gasteiger partial charge in [-0.2, -0.15) is 0 Å². The van der Waals surface area contributed by atoms with Crippen LogP contribution in [0.5, 0.6) is 5.75 Å². The van der Waals surface area contributed by atoms with Gasteiger partial charge in [0.25, 0.3) is 5.91 Å². The summed E-state index contributed by atoms with van der Waals surface area (Å²) in [4.78, 5) is 11.9. The molecule has 0 aliphatic carbocycles. The molecule has 0 fully saturated rings. The molecule has 0 radical (unpaired) electrons. The smallest absolute Gasteiger partial charge is 0.256 e. The van der Waals surface area contributed by atoms with Crippen molar-refractivity contribution in [1.82, 2.24) is 0 Å². The molecule has 0 bridgehead atoms. The zero-order valence-electron chi connectivity index (χ0n) is 9.57. The van der Waals surface area contributed by atoms with Gasteiger partial charge >= 0.3 is 0 Å². The first kappa shape index (κ1) is 12.9. The molecule has 2 rings (SSSR count). The van der Waals surface area contributed by atoms with Crippen LogP contribution in [0.25, 0.3) is 0 Å². The molecule has 0 aliphatic rings. The van der Waals surface area contributed by atoms with Crippen molar-refractivity contribution in [1.29, 1.82) is 0 Å². The van der Waals surface area contributed by atoms with Crippen LogP contribution in [0.1, 0.15) is 10.4 Å². The van der Waals surface area contributed by atoms with E-state index < -0.39 is 0 Å². The number of ether oxygens (including phenoxy) is 1. The molecule has 4 nitrogen and oxygen atoms in total. The molecule has 2 aromatic rings. The predicted octanol–water partition coefficient (Wildman–Crippen LogP) is 3.35. The Morgan fingerprint density at radius 1 is 1.44 bits per heavy atom. The van der Waals surface area contributed by atoms with Crippen molar-refractivity contribution < 1.29 is 9.53 Å². The molecular weight excluding hydrogens is 316 g/mol. The quantitative estimate of drug-likeness (QED) is 0.850. The maximum atomic E-state index is 11.9. The normalized spacial score (nSPS) is 10.1. The number of nitrogens with one attached hydrogen (secondary N) is 1. The average Bonchev–Trinajstić information content (AvgIpc) is 2.78. The van der Waals surface area contributed by atoms with Crippen LogP contribution in [-0.2, 0) is 0 Å². The second-order valence-corrected chi connectivity index (χ2v) is 5.84. The number of nitrogens with two attached hydrogens (primary N) is 1. The van der Waals surface area contributed by atoms with Gasteiger partial charge in [-0.3, -0.25) is 4.79 Å². The second-order valence-electron chi connectivity index (χ2n) is 3.55. The lowest BCUT2D eigenvalue weighted by molar-refractivity contribution is 0.102. The van der Waals surface area contributed by atoms with Crippen LogP contribution in [-0.4, -0.2) is 13.0 Å². The number of nitrogen functional groups attached to an aromatic ring is 1. The molecule has 0 atom stereocenters. The lowest BCUT2D eigenvalue weighted by Gasteiger charge is -2.08. The molecule has 0 aliphatic heterocycles. The fourth-order valence-electron chi connectivity index (χ4n) is 1.41. The zero-order valence-corrected chi connectivity index (χ0v) is 12.0. The van der Waals surface area contributed by atoms with Crippen molar-refractivity contribution in [2.24, 2.45) is 0 Å².